The zero-order chi connectivity index (χ0) is 21.0. The maximum Gasteiger partial charge on any atom is 0.338 e. The van der Waals surface area contributed by atoms with Gasteiger partial charge in [-0.2, -0.15) is 4.72 Å². The first-order chi connectivity index (χ1) is 13.8. The predicted octanol–water partition coefficient (Wildman–Crippen LogP) is 1.50. The fourth-order valence-electron chi connectivity index (χ4n) is 2.65. The minimum Gasteiger partial charge on any atom is -0.454 e. The molecule has 0 fully saturated rings. The Balaban J connectivity index is 1.79. The number of hydrogen-bond donors (Lipinski definition) is 2. The second kappa shape index (κ2) is 8.26. The molecular weight excluding hydrogens is 394 g/mol. The van der Waals surface area contributed by atoms with Crippen molar-refractivity contribution in [2.24, 2.45) is 0 Å². The molecule has 148 valence electrons. The number of nitrogens with zero attached hydrogens (tertiary/aromatic N) is 1. The van der Waals surface area contributed by atoms with Crippen LogP contribution in [0.15, 0.2) is 52.2 Å². The van der Waals surface area contributed by atoms with Crippen molar-refractivity contribution in [3.8, 4) is 12.3 Å². The maximum atomic E-state index is 12.3. The van der Waals surface area contributed by atoms with Crippen molar-refractivity contribution in [3.63, 3.8) is 0 Å². The Morgan fingerprint density at radius 3 is 2.79 bits per heavy atom. The number of nitrogens with one attached hydrogen (secondary N) is 2. The molecule has 9 heteroatoms. The minimum atomic E-state index is -3.84. The lowest BCUT2D eigenvalue weighted by atomic mass is 10.1. The average molecular weight is 411 g/mol. The van der Waals surface area contributed by atoms with Gasteiger partial charge >= 0.3 is 5.97 Å². The number of aryl methyl sites for hydroxylation is 1. The number of fused-ring (bicyclic) bond motifs is 1. The first kappa shape index (κ1) is 20.3. The van der Waals surface area contributed by atoms with Crippen LogP contribution in [0, 0.1) is 19.3 Å². The number of aromatic nitrogens is 2. The number of terminal acetylenes is 1. The van der Waals surface area contributed by atoms with Gasteiger partial charge in [0.15, 0.2) is 0 Å². The van der Waals surface area contributed by atoms with Gasteiger partial charge in [-0.25, -0.2) is 18.2 Å². The van der Waals surface area contributed by atoms with Crippen LogP contribution >= 0.6 is 0 Å². The number of benzene rings is 2. The van der Waals surface area contributed by atoms with Gasteiger partial charge in [0.1, 0.15) is 12.4 Å². The zero-order valence-corrected chi connectivity index (χ0v) is 16.2. The quantitative estimate of drug-likeness (QED) is 0.469. The van der Waals surface area contributed by atoms with Crippen LogP contribution in [0.25, 0.3) is 10.9 Å². The summed E-state index contributed by atoms with van der Waals surface area (Å²) >= 11 is 0. The molecule has 0 saturated carbocycles. The Labute approximate surface area is 167 Å². The van der Waals surface area contributed by atoms with Gasteiger partial charge in [-0.3, -0.25) is 4.79 Å². The molecule has 0 bridgehead atoms. The number of H-pyrrole nitrogens is 1. The van der Waals surface area contributed by atoms with Crippen molar-refractivity contribution in [1.82, 2.24) is 14.7 Å². The van der Waals surface area contributed by atoms with Crippen LogP contribution in [0.2, 0.25) is 0 Å². The molecule has 2 N–H and O–H groups in total. The van der Waals surface area contributed by atoms with Crippen LogP contribution in [0.5, 0.6) is 0 Å². The molecule has 0 atom stereocenters. The molecule has 0 unspecified atom stereocenters. The van der Waals surface area contributed by atoms with Crippen molar-refractivity contribution in [2.45, 2.75) is 18.4 Å². The zero-order valence-electron chi connectivity index (χ0n) is 15.4. The molecule has 0 aliphatic carbocycles. The Bertz CT molecular complexity index is 1290. The third kappa shape index (κ3) is 4.51. The maximum absolute atomic E-state index is 12.3. The van der Waals surface area contributed by atoms with E-state index < -0.39 is 16.0 Å². The number of carbonyl (C=O) groups is 1. The topological polar surface area (TPSA) is 118 Å². The number of carbonyl (C=O) groups excluding carboxylic acids is 1. The van der Waals surface area contributed by atoms with E-state index in [1.165, 1.54) is 24.3 Å². The highest BCUT2D eigenvalue weighted by Gasteiger charge is 2.17. The van der Waals surface area contributed by atoms with E-state index in [0.717, 1.165) is 5.56 Å². The number of esters is 1. The van der Waals surface area contributed by atoms with E-state index in [1.54, 1.807) is 12.1 Å². The third-order valence-electron chi connectivity index (χ3n) is 4.07. The molecule has 1 heterocycles. The molecule has 0 spiro atoms. The van der Waals surface area contributed by atoms with E-state index in [1.807, 2.05) is 13.0 Å². The van der Waals surface area contributed by atoms with Gasteiger partial charge < -0.3 is 9.72 Å². The molecule has 0 saturated heterocycles. The number of hydrogen-bond acceptors (Lipinski definition) is 6. The van der Waals surface area contributed by atoms with E-state index in [0.29, 0.717) is 10.9 Å². The van der Waals surface area contributed by atoms with Gasteiger partial charge in [-0.15, -0.1) is 6.42 Å². The van der Waals surface area contributed by atoms with E-state index in [4.69, 9.17) is 11.2 Å². The standard InChI is InChI=1S/C20H17N3O5S/c1-3-10-21-29(26,27)15-8-5-7-14(11-15)20(25)28-12-17-22-18-13(2)6-4-9-16(18)19(24)23-17/h1,4-9,11,21H,10,12H2,2H3,(H,22,23,24). The summed E-state index contributed by atoms with van der Waals surface area (Å²) in [5.74, 6) is 1.60. The third-order valence-corrected chi connectivity index (χ3v) is 5.47. The van der Waals surface area contributed by atoms with Crippen LogP contribution in [0.1, 0.15) is 21.7 Å². The average Bonchev–Trinajstić information content (AvgIpc) is 2.71. The summed E-state index contributed by atoms with van der Waals surface area (Å²) < 4.78 is 31.7. The van der Waals surface area contributed by atoms with Crippen LogP contribution < -0.4 is 10.3 Å². The Morgan fingerprint density at radius 2 is 2.03 bits per heavy atom. The molecule has 0 radical (unpaired) electrons. The van der Waals surface area contributed by atoms with Gasteiger partial charge in [0.25, 0.3) is 5.56 Å². The molecular formula is C20H17N3O5S. The molecule has 8 nitrogen and oxygen atoms in total. The Morgan fingerprint density at radius 1 is 1.28 bits per heavy atom. The second-order valence-electron chi connectivity index (χ2n) is 6.12. The molecule has 3 rings (SSSR count). The Kier molecular flexibility index (Phi) is 5.77. The highest BCUT2D eigenvalue weighted by atomic mass is 32.2. The monoisotopic (exact) mass is 411 g/mol. The summed E-state index contributed by atoms with van der Waals surface area (Å²) in [7, 11) is -3.84. The summed E-state index contributed by atoms with van der Waals surface area (Å²) in [4.78, 5) is 31.3. The second-order valence-corrected chi connectivity index (χ2v) is 7.88. The highest BCUT2D eigenvalue weighted by Crippen LogP contribution is 2.14. The van der Waals surface area contributed by atoms with Crippen molar-refractivity contribution in [2.75, 3.05) is 6.54 Å². The molecule has 1 aromatic heterocycles. The van der Waals surface area contributed by atoms with Crippen molar-refractivity contribution in [3.05, 3.63) is 69.8 Å². The number of para-hydroxylation sites is 1. The summed E-state index contributed by atoms with van der Waals surface area (Å²) in [5, 5.41) is 0.442. The van der Waals surface area contributed by atoms with Gasteiger partial charge in [0.05, 0.1) is 27.9 Å². The molecule has 2 aromatic carbocycles. The van der Waals surface area contributed by atoms with E-state index >= 15 is 0 Å². The lowest BCUT2D eigenvalue weighted by Crippen LogP contribution is -2.24. The number of sulfonamides is 1. The van der Waals surface area contributed by atoms with E-state index in [9.17, 15) is 18.0 Å². The fourth-order valence-corrected chi connectivity index (χ4v) is 3.63. The van der Waals surface area contributed by atoms with E-state index in [-0.39, 0.29) is 35.0 Å². The van der Waals surface area contributed by atoms with Gasteiger partial charge in [0, 0.05) is 0 Å². The highest BCUT2D eigenvalue weighted by molar-refractivity contribution is 7.89. The molecule has 3 aromatic rings. The summed E-state index contributed by atoms with van der Waals surface area (Å²) in [6.45, 7) is 1.38. The summed E-state index contributed by atoms with van der Waals surface area (Å²) in [6.07, 6.45) is 5.06. The Hall–Kier alpha value is -3.48. The van der Waals surface area contributed by atoms with Crippen LogP contribution in [-0.4, -0.2) is 30.9 Å². The molecule has 0 amide bonds. The van der Waals surface area contributed by atoms with Crippen molar-refractivity contribution < 1.29 is 17.9 Å². The smallest absolute Gasteiger partial charge is 0.338 e. The number of aromatic amines is 1. The van der Waals surface area contributed by atoms with Crippen LogP contribution in [0.4, 0.5) is 0 Å². The fraction of sp³-hybridized carbons (Fsp3) is 0.150. The number of ether oxygens (including phenoxy) is 1. The first-order valence-electron chi connectivity index (χ1n) is 8.50. The van der Waals surface area contributed by atoms with Crippen LogP contribution in [-0.2, 0) is 21.4 Å². The summed E-state index contributed by atoms with van der Waals surface area (Å²) in [6, 6.07) is 10.6. The minimum absolute atomic E-state index is 0.0351. The van der Waals surface area contributed by atoms with E-state index in [2.05, 4.69) is 20.6 Å². The van der Waals surface area contributed by atoms with Crippen LogP contribution in [0.3, 0.4) is 0 Å². The SMILES string of the molecule is C#CCNS(=O)(=O)c1cccc(C(=O)OCc2nc3c(C)cccc3c(=O)[nH]2)c1. The lowest BCUT2D eigenvalue weighted by Gasteiger charge is -2.08. The van der Waals surface area contributed by atoms with Gasteiger partial charge in [-0.05, 0) is 36.8 Å². The van der Waals surface area contributed by atoms with Gasteiger partial charge in [-0.1, -0.05) is 24.1 Å². The first-order valence-corrected chi connectivity index (χ1v) is 9.99. The summed E-state index contributed by atoms with van der Waals surface area (Å²) in [5.41, 5.74) is 1.04. The predicted molar refractivity (Wildman–Crippen MR) is 107 cm³/mol. The molecule has 29 heavy (non-hydrogen) atoms. The molecule has 0 aliphatic heterocycles. The number of rotatable bonds is 6. The normalized spacial score (nSPS) is 11.2. The lowest BCUT2D eigenvalue weighted by molar-refractivity contribution is 0.0462. The van der Waals surface area contributed by atoms with Crippen molar-refractivity contribution in [1.29, 1.82) is 0 Å². The molecule has 0 aliphatic rings. The largest absolute Gasteiger partial charge is 0.454 e. The van der Waals surface area contributed by atoms with Gasteiger partial charge in [0.2, 0.25) is 10.0 Å². The van der Waals surface area contributed by atoms with Crippen molar-refractivity contribution >= 4 is 26.9 Å².